The van der Waals surface area contributed by atoms with Crippen molar-refractivity contribution in [1.82, 2.24) is 9.80 Å². The van der Waals surface area contributed by atoms with Crippen LogP contribution in [-0.2, 0) is 4.79 Å². The van der Waals surface area contributed by atoms with Gasteiger partial charge in [-0.3, -0.25) is 9.69 Å². The van der Waals surface area contributed by atoms with Gasteiger partial charge in [-0.2, -0.15) is 0 Å². The summed E-state index contributed by atoms with van der Waals surface area (Å²) in [6, 6.07) is 0. The number of amides is 1. The van der Waals surface area contributed by atoms with Crippen LogP contribution in [0.1, 0.15) is 20.8 Å². The number of rotatable bonds is 0. The smallest absolute Gasteiger partial charge is 0.237 e. The van der Waals surface area contributed by atoms with Crippen LogP contribution in [0.2, 0.25) is 0 Å². The first kappa shape index (κ1) is 9.52. The highest BCUT2D eigenvalue weighted by Gasteiger charge is 2.40. The highest BCUT2D eigenvalue weighted by molar-refractivity contribution is 5.80. The molecule has 0 N–H and O–H groups in total. The number of likely N-dealkylation sites (N-methyl/N-ethyl adjacent to an activating group) is 2. The van der Waals surface area contributed by atoms with Gasteiger partial charge in [0.05, 0.1) is 12.7 Å². The molecule has 1 heterocycles. The molecule has 0 aliphatic carbocycles. The van der Waals surface area contributed by atoms with Gasteiger partial charge in [-0.25, -0.2) is 0 Å². The van der Waals surface area contributed by atoms with Crippen molar-refractivity contribution in [3.05, 3.63) is 0 Å². The van der Waals surface area contributed by atoms with Crippen molar-refractivity contribution in [3.63, 3.8) is 0 Å². The van der Waals surface area contributed by atoms with Crippen LogP contribution in [0.25, 0.3) is 0 Å². The summed E-state index contributed by atoms with van der Waals surface area (Å²) in [7, 11) is 3.87. The maximum absolute atomic E-state index is 11.3. The summed E-state index contributed by atoms with van der Waals surface area (Å²) < 4.78 is 0. The number of hydrogen-bond acceptors (Lipinski definition) is 2. The third-order valence-electron chi connectivity index (χ3n) is 2.34. The first-order valence-corrected chi connectivity index (χ1v) is 4.30. The molecule has 1 aliphatic rings. The lowest BCUT2D eigenvalue weighted by Gasteiger charge is -2.36. The third kappa shape index (κ3) is 1.46. The van der Waals surface area contributed by atoms with E-state index in [0.717, 1.165) is 0 Å². The lowest BCUT2D eigenvalue weighted by molar-refractivity contribution is -0.127. The first-order chi connectivity index (χ1) is 5.34. The van der Waals surface area contributed by atoms with E-state index in [1.54, 1.807) is 0 Å². The fraction of sp³-hybridized carbons (Fsp3) is 0.889. The monoisotopic (exact) mass is 170 g/mol. The molecule has 1 unspecified atom stereocenters. The van der Waals surface area contributed by atoms with Gasteiger partial charge in [0.1, 0.15) is 0 Å². The van der Waals surface area contributed by atoms with Crippen LogP contribution in [-0.4, -0.2) is 42.5 Å². The minimum Gasteiger partial charge on any atom is -0.328 e. The summed E-state index contributed by atoms with van der Waals surface area (Å²) in [5, 5.41) is 0. The van der Waals surface area contributed by atoms with E-state index in [4.69, 9.17) is 0 Å². The summed E-state index contributed by atoms with van der Waals surface area (Å²) >= 11 is 0. The largest absolute Gasteiger partial charge is 0.328 e. The number of hydrogen-bond donors (Lipinski definition) is 0. The van der Waals surface area contributed by atoms with Crippen molar-refractivity contribution >= 4 is 5.91 Å². The summed E-state index contributed by atoms with van der Waals surface area (Å²) in [6.07, 6.45) is 0.241. The Balaban J connectivity index is 2.84. The van der Waals surface area contributed by atoms with Crippen LogP contribution in [0, 0.1) is 5.41 Å². The van der Waals surface area contributed by atoms with Crippen LogP contribution in [0.3, 0.4) is 0 Å². The van der Waals surface area contributed by atoms with Crippen LogP contribution in [0.4, 0.5) is 0 Å². The van der Waals surface area contributed by atoms with Crippen molar-refractivity contribution in [1.29, 1.82) is 0 Å². The molecule has 1 fully saturated rings. The van der Waals surface area contributed by atoms with Gasteiger partial charge >= 0.3 is 0 Å². The lowest BCUT2D eigenvalue weighted by Crippen LogP contribution is -2.45. The summed E-state index contributed by atoms with van der Waals surface area (Å²) in [4.78, 5) is 15.3. The molecule has 3 heteroatoms. The van der Waals surface area contributed by atoms with E-state index >= 15 is 0 Å². The highest BCUT2D eigenvalue weighted by Crippen LogP contribution is 2.29. The molecule has 1 aliphatic heterocycles. The molecule has 1 atom stereocenters. The maximum atomic E-state index is 11.3. The molecule has 0 saturated carbocycles. The number of nitrogens with zero attached hydrogens (tertiary/aromatic N) is 2. The number of carbonyl (C=O) groups is 1. The van der Waals surface area contributed by atoms with Gasteiger partial charge in [0.25, 0.3) is 0 Å². The minimum absolute atomic E-state index is 0.135. The van der Waals surface area contributed by atoms with Crippen LogP contribution in [0.5, 0.6) is 0 Å². The Labute approximate surface area is 74.3 Å². The van der Waals surface area contributed by atoms with Gasteiger partial charge < -0.3 is 4.90 Å². The predicted molar refractivity (Wildman–Crippen MR) is 48.6 cm³/mol. The molecular weight excluding hydrogens is 152 g/mol. The van der Waals surface area contributed by atoms with E-state index in [0.29, 0.717) is 6.54 Å². The highest BCUT2D eigenvalue weighted by atomic mass is 16.2. The summed E-state index contributed by atoms with van der Waals surface area (Å²) in [6.45, 7) is 7.02. The third-order valence-corrected chi connectivity index (χ3v) is 2.34. The van der Waals surface area contributed by atoms with Crippen molar-refractivity contribution in [2.45, 2.75) is 26.9 Å². The zero-order valence-electron chi connectivity index (χ0n) is 8.59. The minimum atomic E-state index is 0.135. The van der Waals surface area contributed by atoms with Gasteiger partial charge in [-0.1, -0.05) is 20.8 Å². The first-order valence-electron chi connectivity index (χ1n) is 4.30. The van der Waals surface area contributed by atoms with E-state index in [2.05, 4.69) is 25.7 Å². The molecule has 1 amide bonds. The second kappa shape index (κ2) is 2.73. The predicted octanol–water partition coefficient (Wildman–Crippen LogP) is 0.762. The normalized spacial score (nSPS) is 26.9. The molecule has 1 rings (SSSR count). The molecule has 0 aromatic rings. The Morgan fingerprint density at radius 1 is 1.33 bits per heavy atom. The molecule has 1 saturated heterocycles. The van der Waals surface area contributed by atoms with Crippen LogP contribution >= 0.6 is 0 Å². The SMILES string of the molecule is CN1CC(=O)N(C)C1C(C)(C)C. The van der Waals surface area contributed by atoms with Crippen molar-refractivity contribution in [3.8, 4) is 0 Å². The van der Waals surface area contributed by atoms with Gasteiger partial charge in [-0.15, -0.1) is 0 Å². The molecule has 0 aromatic heterocycles. The average Bonchev–Trinajstić information content (AvgIpc) is 2.05. The molecule has 0 radical (unpaired) electrons. The van der Waals surface area contributed by atoms with Gasteiger partial charge in [0.15, 0.2) is 0 Å². The molecular formula is C9H18N2O. The zero-order chi connectivity index (χ0) is 9.52. The maximum Gasteiger partial charge on any atom is 0.237 e. The Hall–Kier alpha value is -0.570. The van der Waals surface area contributed by atoms with Crippen molar-refractivity contribution in [2.75, 3.05) is 20.6 Å². The van der Waals surface area contributed by atoms with E-state index in [9.17, 15) is 4.79 Å². The van der Waals surface area contributed by atoms with E-state index in [-0.39, 0.29) is 17.5 Å². The second-order valence-corrected chi connectivity index (χ2v) is 4.66. The fourth-order valence-corrected chi connectivity index (χ4v) is 2.09. The summed E-state index contributed by atoms with van der Waals surface area (Å²) in [5.74, 6) is 0.220. The second-order valence-electron chi connectivity index (χ2n) is 4.66. The molecule has 0 spiro atoms. The average molecular weight is 170 g/mol. The van der Waals surface area contributed by atoms with Crippen LogP contribution < -0.4 is 0 Å². The summed E-state index contributed by atoms with van der Waals surface area (Å²) in [5.41, 5.74) is 0.135. The van der Waals surface area contributed by atoms with Crippen molar-refractivity contribution < 1.29 is 4.79 Å². The van der Waals surface area contributed by atoms with Gasteiger partial charge in [0.2, 0.25) is 5.91 Å². The quantitative estimate of drug-likeness (QED) is 0.536. The molecule has 12 heavy (non-hydrogen) atoms. The Morgan fingerprint density at radius 2 is 1.83 bits per heavy atom. The molecule has 3 nitrogen and oxygen atoms in total. The fourth-order valence-electron chi connectivity index (χ4n) is 2.09. The van der Waals surface area contributed by atoms with Gasteiger partial charge in [-0.05, 0) is 12.5 Å². The molecule has 0 bridgehead atoms. The van der Waals surface area contributed by atoms with Crippen molar-refractivity contribution in [2.24, 2.45) is 5.41 Å². The van der Waals surface area contributed by atoms with Gasteiger partial charge in [0, 0.05) is 7.05 Å². The lowest BCUT2D eigenvalue weighted by atomic mass is 9.91. The van der Waals surface area contributed by atoms with E-state index in [1.165, 1.54) is 0 Å². The Kier molecular flexibility index (Phi) is 2.17. The topological polar surface area (TPSA) is 23.6 Å². The number of carbonyl (C=O) groups excluding carboxylic acids is 1. The Bertz CT molecular complexity index is 195. The van der Waals surface area contributed by atoms with E-state index < -0.39 is 0 Å². The van der Waals surface area contributed by atoms with Crippen LogP contribution in [0.15, 0.2) is 0 Å². The zero-order valence-corrected chi connectivity index (χ0v) is 8.59. The molecule has 70 valence electrons. The van der Waals surface area contributed by atoms with E-state index in [1.807, 2.05) is 19.0 Å². The molecule has 0 aromatic carbocycles. The Morgan fingerprint density at radius 3 is 2.00 bits per heavy atom. The standard InChI is InChI=1S/C9H18N2O/c1-9(2,3)8-10(4)6-7(12)11(8)5/h8H,6H2,1-5H3.